The minimum absolute atomic E-state index is 0.0208. The quantitative estimate of drug-likeness (QED) is 0.761. The topological polar surface area (TPSA) is 51.5 Å². The summed E-state index contributed by atoms with van der Waals surface area (Å²) in [6, 6.07) is 15.3. The fourth-order valence-electron chi connectivity index (χ4n) is 2.52. The lowest BCUT2D eigenvalue weighted by Gasteiger charge is -2.12. The smallest absolute Gasteiger partial charge is 0.258 e. The number of benzene rings is 2. The number of aryl methyl sites for hydroxylation is 2. The zero-order valence-corrected chi connectivity index (χ0v) is 14.1. The number of hydrogen-bond donors (Lipinski definition) is 1. The molecule has 4 nitrogen and oxygen atoms in total. The number of carbonyl (C=O) groups is 1. The van der Waals surface area contributed by atoms with Gasteiger partial charge in [-0.3, -0.25) is 4.79 Å². The normalized spacial score (nSPS) is 12.1. The SMILES string of the molecule is Cc1ccc(OCC(=O)N[C@@H](C)c2cc3ccccc3o2)cc1C. The molecule has 0 bridgehead atoms. The highest BCUT2D eigenvalue weighted by atomic mass is 16.5. The van der Waals surface area contributed by atoms with Gasteiger partial charge < -0.3 is 14.5 Å². The minimum atomic E-state index is -0.215. The molecule has 4 heteroatoms. The van der Waals surface area contributed by atoms with Crippen LogP contribution in [0.15, 0.2) is 52.9 Å². The Morgan fingerprint density at radius 1 is 1.12 bits per heavy atom. The molecular formula is C20H21NO3. The van der Waals surface area contributed by atoms with Crippen LogP contribution in [0.25, 0.3) is 11.0 Å². The largest absolute Gasteiger partial charge is 0.484 e. The number of nitrogens with one attached hydrogen (secondary N) is 1. The molecule has 0 spiro atoms. The summed E-state index contributed by atoms with van der Waals surface area (Å²) in [5.74, 6) is 1.25. The third kappa shape index (κ3) is 3.59. The summed E-state index contributed by atoms with van der Waals surface area (Å²) in [7, 11) is 0. The summed E-state index contributed by atoms with van der Waals surface area (Å²) in [4.78, 5) is 12.1. The predicted molar refractivity (Wildman–Crippen MR) is 94.2 cm³/mol. The van der Waals surface area contributed by atoms with Crippen LogP contribution in [0.1, 0.15) is 29.9 Å². The van der Waals surface area contributed by atoms with Gasteiger partial charge in [0.25, 0.3) is 5.91 Å². The van der Waals surface area contributed by atoms with Crippen LogP contribution >= 0.6 is 0 Å². The lowest BCUT2D eigenvalue weighted by Crippen LogP contribution is -2.31. The van der Waals surface area contributed by atoms with Crippen LogP contribution < -0.4 is 10.1 Å². The van der Waals surface area contributed by atoms with Crippen LogP contribution in [0.4, 0.5) is 0 Å². The number of rotatable bonds is 5. The molecule has 3 rings (SSSR count). The van der Waals surface area contributed by atoms with E-state index in [9.17, 15) is 4.79 Å². The minimum Gasteiger partial charge on any atom is -0.484 e. The summed E-state index contributed by atoms with van der Waals surface area (Å²) in [5.41, 5.74) is 3.16. The van der Waals surface area contributed by atoms with Crippen molar-refractivity contribution in [3.63, 3.8) is 0 Å². The van der Waals surface area contributed by atoms with Gasteiger partial charge >= 0.3 is 0 Å². The maximum atomic E-state index is 12.1. The first kappa shape index (κ1) is 16.1. The van der Waals surface area contributed by atoms with E-state index in [4.69, 9.17) is 9.15 Å². The highest BCUT2D eigenvalue weighted by Crippen LogP contribution is 2.23. The first-order valence-corrected chi connectivity index (χ1v) is 8.01. The molecule has 0 aliphatic rings. The molecule has 0 fully saturated rings. The molecule has 0 unspecified atom stereocenters. The Hall–Kier alpha value is -2.75. The first-order valence-electron chi connectivity index (χ1n) is 8.01. The predicted octanol–water partition coefficient (Wildman–Crippen LogP) is 4.31. The summed E-state index contributed by atoms with van der Waals surface area (Å²) >= 11 is 0. The molecule has 0 radical (unpaired) electrons. The van der Waals surface area contributed by atoms with Crippen molar-refractivity contribution in [1.29, 1.82) is 0 Å². The summed E-state index contributed by atoms with van der Waals surface area (Å²) in [5, 5.41) is 3.92. The van der Waals surface area contributed by atoms with Gasteiger partial charge in [-0.05, 0) is 56.2 Å². The Morgan fingerprint density at radius 3 is 2.67 bits per heavy atom. The summed E-state index contributed by atoms with van der Waals surface area (Å²) in [6.45, 7) is 5.94. The van der Waals surface area contributed by atoms with E-state index in [1.165, 1.54) is 5.56 Å². The Bertz CT molecular complexity index is 833. The summed E-state index contributed by atoms with van der Waals surface area (Å²) < 4.78 is 11.3. The molecule has 1 N–H and O–H groups in total. The Kier molecular flexibility index (Phi) is 4.56. The Balaban J connectivity index is 1.58. The van der Waals surface area contributed by atoms with E-state index >= 15 is 0 Å². The number of amides is 1. The first-order chi connectivity index (χ1) is 11.5. The van der Waals surface area contributed by atoms with E-state index in [-0.39, 0.29) is 18.6 Å². The second-order valence-electron chi connectivity index (χ2n) is 6.01. The second kappa shape index (κ2) is 6.79. The molecule has 1 amide bonds. The number of furan rings is 1. The van der Waals surface area contributed by atoms with Crippen molar-refractivity contribution in [2.75, 3.05) is 6.61 Å². The van der Waals surface area contributed by atoms with Gasteiger partial charge in [-0.25, -0.2) is 0 Å². The van der Waals surface area contributed by atoms with Crippen LogP contribution in [-0.2, 0) is 4.79 Å². The zero-order valence-electron chi connectivity index (χ0n) is 14.1. The molecule has 3 aromatic rings. The number of hydrogen-bond acceptors (Lipinski definition) is 3. The van der Waals surface area contributed by atoms with Gasteiger partial charge in [-0.1, -0.05) is 24.3 Å². The molecule has 2 aromatic carbocycles. The maximum Gasteiger partial charge on any atom is 0.258 e. The van der Waals surface area contributed by atoms with Gasteiger partial charge in [0.1, 0.15) is 17.1 Å². The molecule has 1 heterocycles. The van der Waals surface area contributed by atoms with E-state index in [1.807, 2.05) is 69.3 Å². The number of carbonyl (C=O) groups excluding carboxylic acids is 1. The van der Waals surface area contributed by atoms with Gasteiger partial charge in [0.2, 0.25) is 0 Å². The third-order valence-electron chi connectivity index (χ3n) is 4.10. The van der Waals surface area contributed by atoms with Crippen LogP contribution in [0.5, 0.6) is 5.75 Å². The van der Waals surface area contributed by atoms with E-state index in [0.717, 1.165) is 22.3 Å². The standard InChI is InChI=1S/C20H21NO3/c1-13-8-9-17(10-14(13)2)23-12-20(22)21-15(3)19-11-16-6-4-5-7-18(16)24-19/h4-11,15H,12H2,1-3H3,(H,21,22)/t15-/m0/s1. The molecule has 0 saturated heterocycles. The average molecular weight is 323 g/mol. The van der Waals surface area contributed by atoms with Gasteiger partial charge in [0, 0.05) is 5.39 Å². The number of para-hydroxylation sites is 1. The Labute approximate surface area is 141 Å². The lowest BCUT2D eigenvalue weighted by molar-refractivity contribution is -0.123. The van der Waals surface area contributed by atoms with Gasteiger partial charge in [-0.2, -0.15) is 0 Å². The molecule has 1 atom stereocenters. The highest BCUT2D eigenvalue weighted by Gasteiger charge is 2.14. The van der Waals surface area contributed by atoms with Gasteiger partial charge in [0.15, 0.2) is 6.61 Å². The molecule has 0 saturated carbocycles. The van der Waals surface area contributed by atoms with Crippen molar-refractivity contribution in [3.05, 3.63) is 65.4 Å². The average Bonchev–Trinajstić information content (AvgIpc) is 3.00. The lowest BCUT2D eigenvalue weighted by atomic mass is 10.1. The maximum absolute atomic E-state index is 12.1. The molecular weight excluding hydrogens is 302 g/mol. The third-order valence-corrected chi connectivity index (χ3v) is 4.10. The number of fused-ring (bicyclic) bond motifs is 1. The van der Waals surface area contributed by atoms with Crippen LogP contribution in [0, 0.1) is 13.8 Å². The molecule has 24 heavy (non-hydrogen) atoms. The van der Waals surface area contributed by atoms with Crippen LogP contribution in [-0.4, -0.2) is 12.5 Å². The molecule has 1 aromatic heterocycles. The Morgan fingerprint density at radius 2 is 1.92 bits per heavy atom. The summed E-state index contributed by atoms with van der Waals surface area (Å²) in [6.07, 6.45) is 0. The van der Waals surface area contributed by atoms with Crippen LogP contribution in [0.3, 0.4) is 0 Å². The van der Waals surface area contributed by atoms with Crippen molar-refractivity contribution in [3.8, 4) is 5.75 Å². The van der Waals surface area contributed by atoms with Crippen molar-refractivity contribution >= 4 is 16.9 Å². The van der Waals surface area contributed by atoms with E-state index in [0.29, 0.717) is 5.75 Å². The number of ether oxygens (including phenoxy) is 1. The van der Waals surface area contributed by atoms with Gasteiger partial charge in [-0.15, -0.1) is 0 Å². The molecule has 124 valence electrons. The zero-order chi connectivity index (χ0) is 17.1. The van der Waals surface area contributed by atoms with Crippen molar-refractivity contribution < 1.29 is 13.9 Å². The van der Waals surface area contributed by atoms with E-state index in [2.05, 4.69) is 5.32 Å². The van der Waals surface area contributed by atoms with Crippen molar-refractivity contribution in [2.45, 2.75) is 26.8 Å². The van der Waals surface area contributed by atoms with Crippen LogP contribution in [0.2, 0.25) is 0 Å². The molecule has 0 aliphatic carbocycles. The highest BCUT2D eigenvalue weighted by molar-refractivity contribution is 5.79. The second-order valence-corrected chi connectivity index (χ2v) is 6.01. The monoisotopic (exact) mass is 323 g/mol. The fourth-order valence-corrected chi connectivity index (χ4v) is 2.52. The van der Waals surface area contributed by atoms with Crippen molar-refractivity contribution in [2.24, 2.45) is 0 Å². The fraction of sp³-hybridized carbons (Fsp3) is 0.250. The van der Waals surface area contributed by atoms with Crippen molar-refractivity contribution in [1.82, 2.24) is 5.32 Å². The molecule has 0 aliphatic heterocycles. The van der Waals surface area contributed by atoms with E-state index in [1.54, 1.807) is 0 Å². The van der Waals surface area contributed by atoms with E-state index < -0.39 is 0 Å². The van der Waals surface area contributed by atoms with Gasteiger partial charge in [0.05, 0.1) is 6.04 Å².